The quantitative estimate of drug-likeness (QED) is 0.665. The van der Waals surface area contributed by atoms with E-state index in [1.807, 2.05) is 6.92 Å². The van der Waals surface area contributed by atoms with E-state index in [0.29, 0.717) is 32.8 Å². The third kappa shape index (κ3) is 5.35. The molecule has 2 N–H and O–H groups in total. The molecule has 0 saturated carbocycles. The highest BCUT2D eigenvalue weighted by Crippen LogP contribution is 2.19. The fourth-order valence-corrected chi connectivity index (χ4v) is 2.06. The molecule has 2 amide bonds. The molecule has 1 aliphatic rings. The number of ether oxygens (including phenoxy) is 1. The van der Waals surface area contributed by atoms with Crippen LogP contribution in [-0.4, -0.2) is 54.9 Å². The zero-order valence-electron chi connectivity index (χ0n) is 10.9. The molecule has 0 bridgehead atoms. The maximum Gasteiger partial charge on any atom is 0.317 e. The van der Waals surface area contributed by atoms with Gasteiger partial charge < -0.3 is 20.1 Å². The summed E-state index contributed by atoms with van der Waals surface area (Å²) < 4.78 is 5.17. The number of urea groups is 1. The van der Waals surface area contributed by atoms with Crippen LogP contribution in [-0.2, 0) is 9.53 Å². The molecule has 0 aliphatic carbocycles. The number of hydrogen-bond donors (Lipinski definition) is 2. The fraction of sp³-hybridized carbons (Fsp3) is 0.833. The lowest BCUT2D eigenvalue weighted by Gasteiger charge is -2.17. The minimum atomic E-state index is -0.793. The number of carbonyl (C=O) groups excluding carboxylic acids is 1. The van der Waals surface area contributed by atoms with E-state index < -0.39 is 5.97 Å². The minimum Gasteiger partial charge on any atom is -0.481 e. The molecule has 1 rings (SSSR count). The summed E-state index contributed by atoms with van der Waals surface area (Å²) in [4.78, 5) is 24.0. The van der Waals surface area contributed by atoms with Crippen LogP contribution in [0, 0.1) is 5.92 Å². The first kappa shape index (κ1) is 14.8. The van der Waals surface area contributed by atoms with Crippen LogP contribution in [0.2, 0.25) is 0 Å². The molecule has 18 heavy (non-hydrogen) atoms. The van der Waals surface area contributed by atoms with Crippen molar-refractivity contribution in [3.8, 4) is 0 Å². The Morgan fingerprint density at radius 2 is 2.28 bits per heavy atom. The van der Waals surface area contributed by atoms with Crippen LogP contribution in [0.4, 0.5) is 4.79 Å². The highest BCUT2D eigenvalue weighted by atomic mass is 16.5. The van der Waals surface area contributed by atoms with Crippen molar-refractivity contribution in [2.75, 3.05) is 32.8 Å². The summed E-state index contributed by atoms with van der Waals surface area (Å²) in [5, 5.41) is 11.5. The van der Waals surface area contributed by atoms with E-state index in [1.165, 1.54) is 0 Å². The van der Waals surface area contributed by atoms with Crippen LogP contribution in [0.3, 0.4) is 0 Å². The van der Waals surface area contributed by atoms with E-state index in [-0.39, 0.29) is 18.4 Å². The minimum absolute atomic E-state index is 0.0941. The predicted molar refractivity (Wildman–Crippen MR) is 66.4 cm³/mol. The van der Waals surface area contributed by atoms with Crippen molar-refractivity contribution in [1.82, 2.24) is 10.2 Å². The smallest absolute Gasteiger partial charge is 0.317 e. The lowest BCUT2D eigenvalue weighted by Crippen LogP contribution is -2.39. The molecule has 0 aromatic carbocycles. The van der Waals surface area contributed by atoms with Gasteiger partial charge in [-0.25, -0.2) is 4.79 Å². The first-order chi connectivity index (χ1) is 8.63. The van der Waals surface area contributed by atoms with Crippen LogP contribution in [0.5, 0.6) is 0 Å². The Hall–Kier alpha value is -1.30. The number of rotatable bonds is 7. The molecule has 0 aromatic heterocycles. The van der Waals surface area contributed by atoms with Crippen LogP contribution in [0.15, 0.2) is 0 Å². The Morgan fingerprint density at radius 3 is 2.94 bits per heavy atom. The van der Waals surface area contributed by atoms with Crippen LogP contribution in [0.25, 0.3) is 0 Å². The molecule has 0 aromatic rings. The topological polar surface area (TPSA) is 78.9 Å². The second-order valence-electron chi connectivity index (χ2n) is 4.48. The standard InChI is InChI=1S/C12H22N2O4/c1-2-18-7-3-5-13-12(17)14-6-4-10(9-14)8-11(15)16/h10H,2-9H2,1H3,(H,13,17)(H,15,16). The van der Waals surface area contributed by atoms with Gasteiger partial charge in [0, 0.05) is 39.3 Å². The number of aliphatic carboxylic acids is 1. The number of amides is 2. The number of carboxylic acids is 1. The largest absolute Gasteiger partial charge is 0.481 e. The lowest BCUT2D eigenvalue weighted by molar-refractivity contribution is -0.138. The van der Waals surface area contributed by atoms with Crippen molar-refractivity contribution in [1.29, 1.82) is 0 Å². The Bertz CT molecular complexity index is 283. The Kier molecular flexibility index (Phi) is 6.49. The van der Waals surface area contributed by atoms with Gasteiger partial charge in [0.1, 0.15) is 0 Å². The predicted octanol–water partition coefficient (Wildman–Crippen LogP) is 0.919. The second-order valence-corrected chi connectivity index (χ2v) is 4.48. The summed E-state index contributed by atoms with van der Waals surface area (Å²) in [5.74, 6) is -0.698. The van der Waals surface area contributed by atoms with E-state index >= 15 is 0 Å². The second kappa shape index (κ2) is 7.92. The van der Waals surface area contributed by atoms with Crippen molar-refractivity contribution in [3.63, 3.8) is 0 Å². The third-order valence-electron chi connectivity index (χ3n) is 2.98. The van der Waals surface area contributed by atoms with Crippen molar-refractivity contribution < 1.29 is 19.4 Å². The molecule has 1 unspecified atom stereocenters. The van der Waals surface area contributed by atoms with Gasteiger partial charge in [0.15, 0.2) is 0 Å². The van der Waals surface area contributed by atoms with Gasteiger partial charge in [-0.1, -0.05) is 0 Å². The SMILES string of the molecule is CCOCCCNC(=O)N1CCC(CC(=O)O)C1. The molecular formula is C12H22N2O4. The van der Waals surface area contributed by atoms with Gasteiger partial charge in [-0.15, -0.1) is 0 Å². The normalized spacial score (nSPS) is 18.9. The summed E-state index contributed by atoms with van der Waals surface area (Å²) in [6.45, 7) is 5.07. The average Bonchev–Trinajstić information content (AvgIpc) is 2.76. The van der Waals surface area contributed by atoms with E-state index in [0.717, 1.165) is 12.8 Å². The monoisotopic (exact) mass is 258 g/mol. The molecule has 0 spiro atoms. The molecule has 6 heteroatoms. The first-order valence-corrected chi connectivity index (χ1v) is 6.45. The highest BCUT2D eigenvalue weighted by Gasteiger charge is 2.27. The zero-order valence-corrected chi connectivity index (χ0v) is 10.9. The average molecular weight is 258 g/mol. The summed E-state index contributed by atoms with van der Waals surface area (Å²) in [7, 11) is 0. The summed E-state index contributed by atoms with van der Waals surface area (Å²) in [6, 6.07) is -0.0978. The Morgan fingerprint density at radius 1 is 1.50 bits per heavy atom. The number of carboxylic acid groups (broad SMARTS) is 1. The van der Waals surface area contributed by atoms with E-state index in [9.17, 15) is 9.59 Å². The van der Waals surface area contributed by atoms with E-state index in [4.69, 9.17) is 9.84 Å². The zero-order chi connectivity index (χ0) is 13.4. The van der Waals surface area contributed by atoms with Crippen LogP contribution < -0.4 is 5.32 Å². The number of hydrogen-bond acceptors (Lipinski definition) is 3. The van der Waals surface area contributed by atoms with Gasteiger partial charge in [0.25, 0.3) is 0 Å². The Balaban J connectivity index is 2.13. The van der Waals surface area contributed by atoms with Gasteiger partial charge in [-0.3, -0.25) is 4.79 Å². The highest BCUT2D eigenvalue weighted by molar-refractivity contribution is 5.74. The van der Waals surface area contributed by atoms with Crippen molar-refractivity contribution in [2.45, 2.75) is 26.2 Å². The van der Waals surface area contributed by atoms with Gasteiger partial charge >= 0.3 is 12.0 Å². The lowest BCUT2D eigenvalue weighted by atomic mass is 10.1. The molecule has 1 aliphatic heterocycles. The van der Waals surface area contributed by atoms with Gasteiger partial charge in [0.05, 0.1) is 0 Å². The Labute approximate surface area is 107 Å². The summed E-state index contributed by atoms with van der Waals surface area (Å²) >= 11 is 0. The van der Waals surface area contributed by atoms with Gasteiger partial charge in [0.2, 0.25) is 0 Å². The number of nitrogens with zero attached hydrogens (tertiary/aromatic N) is 1. The molecule has 1 saturated heterocycles. The van der Waals surface area contributed by atoms with Gasteiger partial charge in [-0.05, 0) is 25.7 Å². The molecule has 0 radical (unpaired) electrons. The summed E-state index contributed by atoms with van der Waals surface area (Å²) in [6.07, 6.45) is 1.72. The molecular weight excluding hydrogens is 236 g/mol. The van der Waals surface area contributed by atoms with E-state index in [2.05, 4.69) is 5.32 Å². The number of carbonyl (C=O) groups is 2. The molecule has 104 valence electrons. The first-order valence-electron chi connectivity index (χ1n) is 6.45. The molecule has 1 fully saturated rings. The molecule has 1 heterocycles. The van der Waals surface area contributed by atoms with Crippen LogP contribution >= 0.6 is 0 Å². The van der Waals surface area contributed by atoms with Crippen molar-refractivity contribution in [3.05, 3.63) is 0 Å². The molecule has 6 nitrogen and oxygen atoms in total. The fourth-order valence-electron chi connectivity index (χ4n) is 2.06. The van der Waals surface area contributed by atoms with Crippen LogP contribution in [0.1, 0.15) is 26.2 Å². The number of likely N-dealkylation sites (tertiary alicyclic amines) is 1. The summed E-state index contributed by atoms with van der Waals surface area (Å²) in [5.41, 5.74) is 0. The van der Waals surface area contributed by atoms with Gasteiger partial charge in [-0.2, -0.15) is 0 Å². The van der Waals surface area contributed by atoms with E-state index in [1.54, 1.807) is 4.90 Å². The van der Waals surface area contributed by atoms with Crippen molar-refractivity contribution in [2.24, 2.45) is 5.92 Å². The maximum absolute atomic E-state index is 11.7. The molecule has 1 atom stereocenters. The third-order valence-corrected chi connectivity index (χ3v) is 2.98. The number of nitrogens with one attached hydrogen (secondary N) is 1. The van der Waals surface area contributed by atoms with Crippen molar-refractivity contribution >= 4 is 12.0 Å². The maximum atomic E-state index is 11.7.